The summed E-state index contributed by atoms with van der Waals surface area (Å²) in [6, 6.07) is 13.0. The summed E-state index contributed by atoms with van der Waals surface area (Å²) in [6.45, 7) is 5.93. The lowest BCUT2D eigenvalue weighted by Crippen LogP contribution is -2.52. The molecule has 1 aromatic carbocycles. The highest BCUT2D eigenvalue weighted by molar-refractivity contribution is 5.79. The van der Waals surface area contributed by atoms with Crippen LogP contribution in [-0.2, 0) is 4.79 Å². The number of amides is 1. The van der Waals surface area contributed by atoms with Gasteiger partial charge in [-0.15, -0.1) is 0 Å². The van der Waals surface area contributed by atoms with Gasteiger partial charge < -0.3 is 10.6 Å². The van der Waals surface area contributed by atoms with Crippen molar-refractivity contribution in [3.63, 3.8) is 0 Å². The number of rotatable bonds is 6. The molecule has 0 heterocycles. The first-order valence-corrected chi connectivity index (χ1v) is 8.47. The van der Waals surface area contributed by atoms with Crippen molar-refractivity contribution in [2.24, 2.45) is 5.92 Å². The minimum absolute atomic E-state index is 0.0694. The Bertz CT molecular complexity index is 564. The molecule has 1 saturated carbocycles. The van der Waals surface area contributed by atoms with E-state index in [9.17, 15) is 10.1 Å². The van der Waals surface area contributed by atoms with Gasteiger partial charge in [0.2, 0.25) is 5.91 Å². The normalized spacial score (nSPS) is 23.3. The van der Waals surface area contributed by atoms with Gasteiger partial charge in [0, 0.05) is 6.04 Å². The van der Waals surface area contributed by atoms with Gasteiger partial charge in [0.05, 0.1) is 12.6 Å². The van der Waals surface area contributed by atoms with E-state index < -0.39 is 5.54 Å². The van der Waals surface area contributed by atoms with E-state index in [0.29, 0.717) is 12.0 Å². The molecule has 0 unspecified atom stereocenters. The second-order valence-electron chi connectivity index (χ2n) is 6.95. The van der Waals surface area contributed by atoms with Crippen LogP contribution in [0.3, 0.4) is 0 Å². The number of hydrogen-bond donors (Lipinski definition) is 2. The lowest BCUT2D eigenvalue weighted by Gasteiger charge is -2.28. The van der Waals surface area contributed by atoms with Crippen LogP contribution in [-0.4, -0.2) is 24.0 Å². The topological polar surface area (TPSA) is 64.9 Å². The van der Waals surface area contributed by atoms with Gasteiger partial charge in [-0.2, -0.15) is 5.26 Å². The molecule has 0 spiro atoms. The number of nitrogens with one attached hydrogen (secondary N) is 2. The number of carbonyl (C=O) groups is 1. The highest BCUT2D eigenvalue weighted by atomic mass is 16.2. The van der Waals surface area contributed by atoms with Crippen LogP contribution in [0.25, 0.3) is 0 Å². The number of carbonyl (C=O) groups excluding carboxylic acids is 1. The van der Waals surface area contributed by atoms with E-state index in [1.165, 1.54) is 12.0 Å². The fourth-order valence-corrected chi connectivity index (χ4v) is 3.16. The van der Waals surface area contributed by atoms with E-state index in [0.717, 1.165) is 12.8 Å². The Kier molecular flexibility index (Phi) is 5.79. The molecular formula is C19H27N3O. The molecule has 0 bridgehead atoms. The van der Waals surface area contributed by atoms with Crippen molar-refractivity contribution in [1.82, 2.24) is 10.6 Å². The summed E-state index contributed by atoms with van der Waals surface area (Å²) < 4.78 is 0. The molecule has 0 saturated heterocycles. The molecule has 1 fully saturated rings. The van der Waals surface area contributed by atoms with Crippen LogP contribution < -0.4 is 10.6 Å². The van der Waals surface area contributed by atoms with Crippen molar-refractivity contribution in [2.75, 3.05) is 6.54 Å². The Labute approximate surface area is 139 Å². The van der Waals surface area contributed by atoms with E-state index in [2.05, 4.69) is 41.0 Å². The molecule has 0 aliphatic heterocycles. The van der Waals surface area contributed by atoms with Crippen molar-refractivity contribution in [3.05, 3.63) is 35.9 Å². The van der Waals surface area contributed by atoms with Crippen LogP contribution >= 0.6 is 0 Å². The summed E-state index contributed by atoms with van der Waals surface area (Å²) in [7, 11) is 0. The Morgan fingerprint density at radius 2 is 2.04 bits per heavy atom. The predicted molar refractivity (Wildman–Crippen MR) is 91.8 cm³/mol. The predicted octanol–water partition coefficient (Wildman–Crippen LogP) is 2.97. The number of nitrogens with zero attached hydrogens (tertiary/aromatic N) is 1. The third-order valence-electron chi connectivity index (χ3n) is 5.05. The largest absolute Gasteiger partial charge is 0.337 e. The highest BCUT2D eigenvalue weighted by Gasteiger charge is 2.31. The van der Waals surface area contributed by atoms with Gasteiger partial charge in [0.1, 0.15) is 5.54 Å². The third-order valence-corrected chi connectivity index (χ3v) is 5.05. The average molecular weight is 313 g/mol. The van der Waals surface area contributed by atoms with E-state index in [-0.39, 0.29) is 18.4 Å². The molecule has 1 aliphatic rings. The maximum absolute atomic E-state index is 12.2. The quantitative estimate of drug-likeness (QED) is 0.848. The maximum Gasteiger partial charge on any atom is 0.235 e. The van der Waals surface area contributed by atoms with Crippen LogP contribution in [0.15, 0.2) is 30.3 Å². The average Bonchev–Trinajstić information content (AvgIpc) is 3.02. The fourth-order valence-electron chi connectivity index (χ4n) is 3.16. The molecule has 124 valence electrons. The van der Waals surface area contributed by atoms with Crippen molar-refractivity contribution >= 4 is 5.91 Å². The number of nitriles is 1. The first-order chi connectivity index (χ1) is 11.0. The van der Waals surface area contributed by atoms with Gasteiger partial charge in [-0.3, -0.25) is 4.79 Å². The molecule has 23 heavy (non-hydrogen) atoms. The van der Waals surface area contributed by atoms with Gasteiger partial charge in [-0.1, -0.05) is 50.6 Å². The Morgan fingerprint density at radius 1 is 1.35 bits per heavy atom. The minimum atomic E-state index is -0.812. The van der Waals surface area contributed by atoms with E-state index in [4.69, 9.17) is 0 Å². The van der Waals surface area contributed by atoms with Gasteiger partial charge in [-0.25, -0.2) is 0 Å². The second kappa shape index (κ2) is 7.61. The van der Waals surface area contributed by atoms with Crippen LogP contribution in [0.4, 0.5) is 0 Å². The lowest BCUT2D eigenvalue weighted by atomic mass is 9.90. The van der Waals surface area contributed by atoms with Crippen molar-refractivity contribution in [2.45, 2.75) is 57.5 Å². The van der Waals surface area contributed by atoms with Crippen molar-refractivity contribution in [1.29, 1.82) is 5.26 Å². The molecule has 1 amide bonds. The molecule has 0 aromatic heterocycles. The summed E-state index contributed by atoms with van der Waals surface area (Å²) in [4.78, 5) is 12.2. The smallest absolute Gasteiger partial charge is 0.235 e. The molecular weight excluding hydrogens is 286 g/mol. The summed E-state index contributed by atoms with van der Waals surface area (Å²) in [5, 5.41) is 15.5. The monoisotopic (exact) mass is 313 g/mol. The van der Waals surface area contributed by atoms with E-state index in [1.807, 2.05) is 19.9 Å². The molecule has 1 aromatic rings. The summed E-state index contributed by atoms with van der Waals surface area (Å²) in [5.41, 5.74) is 0.528. The zero-order chi connectivity index (χ0) is 16.9. The maximum atomic E-state index is 12.2. The number of hydrogen-bond acceptors (Lipinski definition) is 3. The third kappa shape index (κ3) is 4.33. The van der Waals surface area contributed by atoms with Crippen LogP contribution in [0.5, 0.6) is 0 Å². The minimum Gasteiger partial charge on any atom is -0.337 e. The first-order valence-electron chi connectivity index (χ1n) is 8.47. The Hall–Kier alpha value is -1.86. The Morgan fingerprint density at radius 3 is 2.65 bits per heavy atom. The molecule has 2 rings (SSSR count). The fraction of sp³-hybridized carbons (Fsp3) is 0.579. The molecule has 4 nitrogen and oxygen atoms in total. The van der Waals surface area contributed by atoms with Crippen LogP contribution in [0.1, 0.15) is 51.5 Å². The Balaban J connectivity index is 1.90. The second-order valence-corrected chi connectivity index (χ2v) is 6.95. The lowest BCUT2D eigenvalue weighted by molar-refractivity contribution is -0.122. The van der Waals surface area contributed by atoms with Crippen LogP contribution in [0.2, 0.25) is 0 Å². The van der Waals surface area contributed by atoms with E-state index >= 15 is 0 Å². The van der Waals surface area contributed by atoms with E-state index in [1.54, 1.807) is 6.92 Å². The van der Waals surface area contributed by atoms with Crippen LogP contribution in [0, 0.1) is 17.2 Å². The molecule has 1 aliphatic carbocycles. The van der Waals surface area contributed by atoms with Gasteiger partial charge >= 0.3 is 0 Å². The number of benzene rings is 1. The van der Waals surface area contributed by atoms with Gasteiger partial charge in [-0.05, 0) is 37.2 Å². The van der Waals surface area contributed by atoms with Gasteiger partial charge in [0.15, 0.2) is 0 Å². The molecule has 4 heteroatoms. The first kappa shape index (κ1) is 17.5. The zero-order valence-electron chi connectivity index (χ0n) is 14.3. The summed E-state index contributed by atoms with van der Waals surface area (Å²) in [5.74, 6) is 0.429. The standard InChI is InChI=1S/C19H27N3O/c1-14(2)19(3,13-20)22-18(23)12-21-17-11-7-10-16(17)15-8-5-4-6-9-15/h4-6,8-9,14,16-17,21H,7,10-12H2,1-3H3,(H,22,23)/t16-,17-,19-/m0/s1. The van der Waals surface area contributed by atoms with Gasteiger partial charge in [0.25, 0.3) is 0 Å². The summed E-state index contributed by atoms with van der Waals surface area (Å²) in [6.07, 6.45) is 3.43. The molecule has 3 atom stereocenters. The molecule has 0 radical (unpaired) electrons. The van der Waals surface area contributed by atoms with Crippen molar-refractivity contribution < 1.29 is 4.79 Å². The highest BCUT2D eigenvalue weighted by Crippen LogP contribution is 2.34. The summed E-state index contributed by atoms with van der Waals surface area (Å²) >= 11 is 0. The van der Waals surface area contributed by atoms with Crippen molar-refractivity contribution in [3.8, 4) is 6.07 Å². The SMILES string of the molecule is CC(C)[C@](C)(C#N)NC(=O)CN[C@H]1CCC[C@H]1c1ccccc1. The zero-order valence-corrected chi connectivity index (χ0v) is 14.3. The molecule has 2 N–H and O–H groups in total.